The van der Waals surface area contributed by atoms with Crippen molar-refractivity contribution in [1.29, 1.82) is 0 Å². The number of hydrogen-bond acceptors (Lipinski definition) is 2. The van der Waals surface area contributed by atoms with E-state index in [1.165, 1.54) is 38.5 Å². The van der Waals surface area contributed by atoms with Crippen LogP contribution in [0, 0.1) is 0 Å². The summed E-state index contributed by atoms with van der Waals surface area (Å²) in [6.45, 7) is 0. The largest absolute Gasteiger partial charge is 0.336 e. The molecule has 2 aliphatic heterocycles. The zero-order valence-corrected chi connectivity index (χ0v) is 8.45. The molecule has 0 aromatic heterocycles. The number of nitrogens with one attached hydrogen (secondary N) is 1. The lowest BCUT2D eigenvalue weighted by Gasteiger charge is -2.25. The summed E-state index contributed by atoms with van der Waals surface area (Å²) >= 11 is 0. The lowest BCUT2D eigenvalue weighted by Crippen LogP contribution is -2.47. The Balaban J connectivity index is 1.78. The lowest BCUT2D eigenvalue weighted by molar-refractivity contribution is 0.383. The Morgan fingerprint density at radius 3 is 2.07 bits per heavy atom. The van der Waals surface area contributed by atoms with Gasteiger partial charge >= 0.3 is 0 Å². The summed E-state index contributed by atoms with van der Waals surface area (Å²) in [6.07, 6.45) is 7.81. The lowest BCUT2D eigenvalue weighted by atomic mass is 10.0. The molecule has 0 atom stereocenters. The first-order chi connectivity index (χ1) is 6.88. The third kappa shape index (κ3) is 1.29. The molecule has 2 bridgehead atoms. The maximum atomic E-state index is 5.56. The van der Waals surface area contributed by atoms with Crippen LogP contribution < -0.4 is 11.3 Å². The van der Waals surface area contributed by atoms with Gasteiger partial charge in [-0.1, -0.05) is 0 Å². The van der Waals surface area contributed by atoms with Crippen molar-refractivity contribution >= 4 is 5.96 Å². The Kier molecular flexibility index (Phi) is 1.90. The molecule has 2 heterocycles. The Bertz CT molecular complexity index is 239. The van der Waals surface area contributed by atoms with Gasteiger partial charge in [-0.05, 0) is 38.5 Å². The number of hydrazine groups is 1. The second-order valence-electron chi connectivity index (χ2n) is 4.70. The molecule has 3 fully saturated rings. The van der Waals surface area contributed by atoms with E-state index in [9.17, 15) is 0 Å². The van der Waals surface area contributed by atoms with Gasteiger partial charge in [0.25, 0.3) is 0 Å². The van der Waals surface area contributed by atoms with Gasteiger partial charge in [0.15, 0.2) is 0 Å². The summed E-state index contributed by atoms with van der Waals surface area (Å²) in [7, 11) is 0. The molecule has 1 saturated carbocycles. The van der Waals surface area contributed by atoms with Crippen LogP contribution in [0.15, 0.2) is 4.99 Å². The number of fused-ring (bicyclic) bond motifs is 2. The van der Waals surface area contributed by atoms with Crippen molar-refractivity contribution < 1.29 is 0 Å². The van der Waals surface area contributed by atoms with Gasteiger partial charge in [0.2, 0.25) is 5.96 Å². The molecule has 4 heteroatoms. The first-order valence-corrected chi connectivity index (χ1v) is 5.71. The Labute approximate surface area is 84.5 Å². The zero-order chi connectivity index (χ0) is 9.54. The molecule has 0 unspecified atom stereocenters. The van der Waals surface area contributed by atoms with Gasteiger partial charge in [-0.3, -0.25) is 5.43 Å². The van der Waals surface area contributed by atoms with Crippen LogP contribution in [0.3, 0.4) is 0 Å². The highest BCUT2D eigenvalue weighted by atomic mass is 15.4. The molecule has 0 aromatic rings. The number of nitrogens with zero attached hydrogens (tertiary/aromatic N) is 2. The highest BCUT2D eigenvalue weighted by molar-refractivity contribution is 5.81. The number of hydrogen-bond donors (Lipinski definition) is 2. The molecule has 3 N–H and O–H groups in total. The van der Waals surface area contributed by atoms with Gasteiger partial charge in [-0.2, -0.15) is 0 Å². The van der Waals surface area contributed by atoms with Crippen LogP contribution in [0.4, 0.5) is 0 Å². The SMILES string of the molecule is NNC(=NC1CC1)N1C2CCC1CC2. The van der Waals surface area contributed by atoms with Crippen LogP contribution in [0.2, 0.25) is 0 Å². The zero-order valence-electron chi connectivity index (χ0n) is 8.45. The van der Waals surface area contributed by atoms with Crippen molar-refractivity contribution in [2.75, 3.05) is 0 Å². The van der Waals surface area contributed by atoms with E-state index in [0.29, 0.717) is 18.1 Å². The maximum Gasteiger partial charge on any atom is 0.209 e. The fourth-order valence-electron chi connectivity index (χ4n) is 2.81. The summed E-state index contributed by atoms with van der Waals surface area (Å²) in [5, 5.41) is 0. The van der Waals surface area contributed by atoms with Crippen LogP contribution in [0.25, 0.3) is 0 Å². The van der Waals surface area contributed by atoms with E-state index in [-0.39, 0.29) is 0 Å². The summed E-state index contributed by atoms with van der Waals surface area (Å²) < 4.78 is 0. The predicted molar refractivity (Wildman–Crippen MR) is 55.7 cm³/mol. The van der Waals surface area contributed by atoms with E-state index >= 15 is 0 Å². The average molecular weight is 194 g/mol. The van der Waals surface area contributed by atoms with Crippen LogP contribution >= 0.6 is 0 Å². The third-order valence-corrected chi connectivity index (χ3v) is 3.68. The number of guanidine groups is 1. The normalized spacial score (nSPS) is 36.6. The summed E-state index contributed by atoms with van der Waals surface area (Å²) in [4.78, 5) is 7.06. The minimum Gasteiger partial charge on any atom is -0.336 e. The summed E-state index contributed by atoms with van der Waals surface area (Å²) in [5.74, 6) is 6.51. The molecule has 0 amide bonds. The fraction of sp³-hybridized carbons (Fsp3) is 0.900. The van der Waals surface area contributed by atoms with Gasteiger partial charge in [0, 0.05) is 12.1 Å². The van der Waals surface area contributed by atoms with Gasteiger partial charge in [0.1, 0.15) is 0 Å². The maximum absolute atomic E-state index is 5.56. The van der Waals surface area contributed by atoms with Gasteiger partial charge in [-0.15, -0.1) is 0 Å². The molecule has 1 aliphatic carbocycles. The number of nitrogens with two attached hydrogens (primary N) is 1. The van der Waals surface area contributed by atoms with Crippen LogP contribution in [-0.2, 0) is 0 Å². The van der Waals surface area contributed by atoms with Crippen molar-refractivity contribution in [1.82, 2.24) is 10.3 Å². The van der Waals surface area contributed by atoms with Gasteiger partial charge in [0.05, 0.1) is 6.04 Å². The third-order valence-electron chi connectivity index (χ3n) is 3.68. The summed E-state index contributed by atoms with van der Waals surface area (Å²) in [5.41, 5.74) is 2.79. The first kappa shape index (κ1) is 8.53. The molecule has 4 nitrogen and oxygen atoms in total. The Morgan fingerprint density at radius 1 is 1.07 bits per heavy atom. The van der Waals surface area contributed by atoms with E-state index in [1.54, 1.807) is 0 Å². The molecule has 0 aromatic carbocycles. The van der Waals surface area contributed by atoms with E-state index in [1.807, 2.05) is 0 Å². The van der Waals surface area contributed by atoms with Crippen molar-refractivity contribution in [3.63, 3.8) is 0 Å². The van der Waals surface area contributed by atoms with Crippen LogP contribution in [-0.4, -0.2) is 29.0 Å². The molecular weight excluding hydrogens is 176 g/mol. The molecule has 14 heavy (non-hydrogen) atoms. The van der Waals surface area contributed by atoms with Gasteiger partial charge < -0.3 is 4.90 Å². The molecule has 2 saturated heterocycles. The van der Waals surface area contributed by atoms with Crippen molar-refractivity contribution in [2.24, 2.45) is 10.8 Å². The van der Waals surface area contributed by atoms with E-state index in [0.717, 1.165) is 5.96 Å². The van der Waals surface area contributed by atoms with E-state index < -0.39 is 0 Å². The molecule has 3 rings (SSSR count). The second kappa shape index (κ2) is 3.12. The predicted octanol–water partition coefficient (Wildman–Crippen LogP) is 0.595. The van der Waals surface area contributed by atoms with E-state index in [4.69, 9.17) is 5.84 Å². The van der Waals surface area contributed by atoms with Crippen LogP contribution in [0.1, 0.15) is 38.5 Å². The second-order valence-corrected chi connectivity index (χ2v) is 4.70. The van der Waals surface area contributed by atoms with Gasteiger partial charge in [-0.25, -0.2) is 10.8 Å². The molecule has 3 aliphatic rings. The minimum absolute atomic E-state index is 0.557. The molecule has 0 radical (unpaired) electrons. The average Bonchev–Trinajstić information content (AvgIpc) is 2.85. The van der Waals surface area contributed by atoms with E-state index in [2.05, 4.69) is 15.3 Å². The summed E-state index contributed by atoms with van der Waals surface area (Å²) in [6, 6.07) is 1.99. The van der Waals surface area contributed by atoms with Crippen molar-refractivity contribution in [2.45, 2.75) is 56.7 Å². The minimum atomic E-state index is 0.557. The van der Waals surface area contributed by atoms with Crippen LogP contribution in [0.5, 0.6) is 0 Å². The quantitative estimate of drug-likeness (QED) is 0.278. The smallest absolute Gasteiger partial charge is 0.209 e. The standard InChI is InChI=1S/C10H18N4/c11-13-10(12-7-1-2-7)14-8-3-4-9(14)6-5-8/h7-9H,1-6,11H2,(H,12,13). The first-order valence-electron chi connectivity index (χ1n) is 5.71. The highest BCUT2D eigenvalue weighted by Crippen LogP contribution is 2.37. The highest BCUT2D eigenvalue weighted by Gasteiger charge is 2.41. The van der Waals surface area contributed by atoms with Crippen molar-refractivity contribution in [3.8, 4) is 0 Å². The molecule has 0 spiro atoms. The Hall–Kier alpha value is -0.770. The topological polar surface area (TPSA) is 53.6 Å². The molecular formula is C10H18N4. The molecule has 78 valence electrons. The Morgan fingerprint density at radius 2 is 1.64 bits per heavy atom. The monoisotopic (exact) mass is 194 g/mol. The fourth-order valence-corrected chi connectivity index (χ4v) is 2.81. The number of aliphatic imine (C=N–C) groups is 1. The van der Waals surface area contributed by atoms with Crippen molar-refractivity contribution in [3.05, 3.63) is 0 Å². The number of rotatable bonds is 1.